The van der Waals surface area contributed by atoms with Crippen LogP contribution in [0.2, 0.25) is 0 Å². The number of carbonyl (C=O) groups is 1. The van der Waals surface area contributed by atoms with Gasteiger partial charge in [-0.25, -0.2) is 4.79 Å². The molecule has 2 unspecified atom stereocenters. The van der Waals surface area contributed by atoms with Crippen molar-refractivity contribution in [3.8, 4) is 0 Å². The Morgan fingerprint density at radius 1 is 1.24 bits per heavy atom. The van der Waals surface area contributed by atoms with Crippen LogP contribution in [0.4, 0.5) is 4.79 Å². The van der Waals surface area contributed by atoms with Gasteiger partial charge < -0.3 is 15.0 Å². The van der Waals surface area contributed by atoms with Gasteiger partial charge in [0, 0.05) is 25.7 Å². The molecule has 2 aliphatic rings. The summed E-state index contributed by atoms with van der Waals surface area (Å²) in [5.41, 5.74) is 0.904. The maximum atomic E-state index is 12.0. The topological polar surface area (TPSA) is 41.6 Å². The van der Waals surface area contributed by atoms with Crippen molar-refractivity contribution in [3.05, 3.63) is 35.9 Å². The molecule has 0 bridgehead atoms. The minimum Gasteiger partial charge on any atom is -0.444 e. The van der Waals surface area contributed by atoms with E-state index in [1.54, 1.807) is 0 Å². The zero-order valence-electron chi connectivity index (χ0n) is 13.0. The molecular formula is C17H24N2O2. The van der Waals surface area contributed by atoms with Gasteiger partial charge >= 0.3 is 6.09 Å². The van der Waals surface area contributed by atoms with Gasteiger partial charge in [0.25, 0.3) is 0 Å². The Hall–Kier alpha value is -1.55. The van der Waals surface area contributed by atoms with Crippen LogP contribution >= 0.6 is 0 Å². The zero-order chi connectivity index (χ0) is 15.0. The van der Waals surface area contributed by atoms with E-state index in [9.17, 15) is 4.79 Å². The van der Waals surface area contributed by atoms with Crippen molar-refractivity contribution in [2.45, 2.75) is 39.0 Å². The molecule has 2 fully saturated rings. The van der Waals surface area contributed by atoms with Crippen molar-refractivity contribution >= 4 is 6.09 Å². The molecule has 1 N–H and O–H groups in total. The number of likely N-dealkylation sites (tertiary alicyclic amines) is 1. The summed E-state index contributed by atoms with van der Waals surface area (Å²) in [7, 11) is 0. The summed E-state index contributed by atoms with van der Waals surface area (Å²) >= 11 is 0. The highest BCUT2D eigenvalue weighted by Crippen LogP contribution is 2.45. The Morgan fingerprint density at radius 2 is 1.86 bits per heavy atom. The van der Waals surface area contributed by atoms with Gasteiger partial charge in [-0.05, 0) is 38.2 Å². The lowest BCUT2D eigenvalue weighted by molar-refractivity contribution is 0.0269. The maximum absolute atomic E-state index is 12.0. The highest BCUT2D eigenvalue weighted by atomic mass is 16.6. The third kappa shape index (κ3) is 3.38. The number of rotatable bonds is 3. The van der Waals surface area contributed by atoms with Crippen molar-refractivity contribution in [2.75, 3.05) is 13.1 Å². The SMILES string of the molecule is CC(C)(C)OC(=O)N1CC2C(C1)C2NCc1ccccc1. The first-order valence-corrected chi connectivity index (χ1v) is 7.69. The Labute approximate surface area is 126 Å². The predicted molar refractivity (Wildman–Crippen MR) is 81.9 cm³/mol. The molecule has 1 amide bonds. The second-order valence-corrected chi connectivity index (χ2v) is 7.11. The van der Waals surface area contributed by atoms with E-state index in [4.69, 9.17) is 4.74 Å². The molecule has 1 aromatic rings. The van der Waals surface area contributed by atoms with Crippen LogP contribution < -0.4 is 5.32 Å². The number of fused-ring (bicyclic) bond motifs is 1. The molecular weight excluding hydrogens is 264 g/mol. The van der Waals surface area contributed by atoms with Crippen molar-refractivity contribution in [2.24, 2.45) is 11.8 Å². The number of nitrogens with zero attached hydrogens (tertiary/aromatic N) is 1. The second kappa shape index (κ2) is 5.34. The lowest BCUT2D eigenvalue weighted by atomic mass is 10.2. The number of ether oxygens (including phenoxy) is 1. The largest absolute Gasteiger partial charge is 0.444 e. The smallest absolute Gasteiger partial charge is 0.410 e. The Kier molecular flexibility index (Phi) is 3.66. The molecule has 4 nitrogen and oxygen atoms in total. The maximum Gasteiger partial charge on any atom is 0.410 e. The molecule has 0 radical (unpaired) electrons. The van der Waals surface area contributed by atoms with E-state index in [1.807, 2.05) is 31.7 Å². The number of hydrogen-bond donors (Lipinski definition) is 1. The summed E-state index contributed by atoms with van der Waals surface area (Å²) in [4.78, 5) is 13.8. The lowest BCUT2D eigenvalue weighted by Crippen LogP contribution is -2.39. The monoisotopic (exact) mass is 288 g/mol. The molecule has 1 aromatic carbocycles. The predicted octanol–water partition coefficient (Wildman–Crippen LogP) is 2.64. The number of carbonyl (C=O) groups excluding carboxylic acids is 1. The molecule has 1 saturated heterocycles. The van der Waals surface area contributed by atoms with E-state index < -0.39 is 5.60 Å². The van der Waals surface area contributed by atoms with Crippen LogP contribution in [0.25, 0.3) is 0 Å². The van der Waals surface area contributed by atoms with Gasteiger partial charge in [0.1, 0.15) is 5.60 Å². The van der Waals surface area contributed by atoms with Crippen LogP contribution in [0.15, 0.2) is 30.3 Å². The van der Waals surface area contributed by atoms with E-state index >= 15 is 0 Å². The Bertz CT molecular complexity index is 497. The quantitative estimate of drug-likeness (QED) is 0.929. The molecule has 4 heteroatoms. The molecule has 3 rings (SSSR count). The van der Waals surface area contributed by atoms with Gasteiger partial charge in [-0.15, -0.1) is 0 Å². The number of nitrogens with one attached hydrogen (secondary N) is 1. The van der Waals surface area contributed by atoms with Crippen molar-refractivity contribution in [3.63, 3.8) is 0 Å². The van der Waals surface area contributed by atoms with Gasteiger partial charge in [0.15, 0.2) is 0 Å². The molecule has 1 aliphatic heterocycles. The number of piperidine rings is 1. The second-order valence-electron chi connectivity index (χ2n) is 7.11. The summed E-state index contributed by atoms with van der Waals surface area (Å²) in [5.74, 6) is 1.20. The molecule has 1 aliphatic carbocycles. The van der Waals surface area contributed by atoms with Gasteiger partial charge in [0.05, 0.1) is 0 Å². The highest BCUT2D eigenvalue weighted by molar-refractivity contribution is 5.69. The first kappa shape index (κ1) is 14.4. The molecule has 1 heterocycles. The average molecular weight is 288 g/mol. The molecule has 0 aromatic heterocycles. The zero-order valence-corrected chi connectivity index (χ0v) is 13.0. The van der Waals surface area contributed by atoms with Gasteiger partial charge in [-0.1, -0.05) is 30.3 Å². The van der Waals surface area contributed by atoms with E-state index in [1.165, 1.54) is 5.56 Å². The van der Waals surface area contributed by atoms with Gasteiger partial charge in [-0.3, -0.25) is 0 Å². The average Bonchev–Trinajstić information content (AvgIpc) is 2.87. The minimum absolute atomic E-state index is 0.170. The summed E-state index contributed by atoms with van der Waals surface area (Å²) in [6, 6.07) is 11.0. The first-order valence-electron chi connectivity index (χ1n) is 7.69. The molecule has 21 heavy (non-hydrogen) atoms. The van der Waals surface area contributed by atoms with Crippen LogP contribution in [0, 0.1) is 11.8 Å². The summed E-state index contributed by atoms with van der Waals surface area (Å²) < 4.78 is 5.42. The number of hydrogen-bond acceptors (Lipinski definition) is 3. The fraction of sp³-hybridized carbons (Fsp3) is 0.588. The fourth-order valence-corrected chi connectivity index (χ4v) is 3.14. The summed E-state index contributed by atoms with van der Waals surface area (Å²) in [5, 5.41) is 3.60. The van der Waals surface area contributed by atoms with Crippen molar-refractivity contribution < 1.29 is 9.53 Å². The van der Waals surface area contributed by atoms with Crippen LogP contribution in [-0.4, -0.2) is 35.7 Å². The third-order valence-electron chi connectivity index (χ3n) is 4.23. The van der Waals surface area contributed by atoms with Crippen LogP contribution in [-0.2, 0) is 11.3 Å². The van der Waals surface area contributed by atoms with Crippen LogP contribution in [0.5, 0.6) is 0 Å². The third-order valence-corrected chi connectivity index (χ3v) is 4.23. The Balaban J connectivity index is 1.43. The molecule has 1 saturated carbocycles. The molecule has 0 spiro atoms. The van der Waals surface area contributed by atoms with E-state index in [0.717, 1.165) is 19.6 Å². The van der Waals surface area contributed by atoms with Gasteiger partial charge in [-0.2, -0.15) is 0 Å². The number of benzene rings is 1. The minimum atomic E-state index is -0.408. The van der Waals surface area contributed by atoms with E-state index in [2.05, 4.69) is 29.6 Å². The molecule has 114 valence electrons. The standard InChI is InChI=1S/C17H24N2O2/c1-17(2,3)21-16(20)19-10-13-14(11-19)15(13)18-9-12-7-5-4-6-8-12/h4-8,13-15,18H,9-11H2,1-3H3. The summed E-state index contributed by atoms with van der Waals surface area (Å²) in [6.07, 6.45) is -0.170. The number of amides is 1. The van der Waals surface area contributed by atoms with Crippen LogP contribution in [0.1, 0.15) is 26.3 Å². The Morgan fingerprint density at radius 3 is 2.43 bits per heavy atom. The van der Waals surface area contributed by atoms with Crippen molar-refractivity contribution in [1.82, 2.24) is 10.2 Å². The van der Waals surface area contributed by atoms with E-state index in [0.29, 0.717) is 17.9 Å². The highest BCUT2D eigenvalue weighted by Gasteiger charge is 2.56. The normalized spacial score (nSPS) is 27.4. The lowest BCUT2D eigenvalue weighted by Gasteiger charge is -2.26. The molecule has 2 atom stereocenters. The van der Waals surface area contributed by atoms with Crippen molar-refractivity contribution in [1.29, 1.82) is 0 Å². The summed E-state index contributed by atoms with van der Waals surface area (Å²) in [6.45, 7) is 8.28. The van der Waals surface area contributed by atoms with E-state index in [-0.39, 0.29) is 6.09 Å². The van der Waals surface area contributed by atoms with Crippen LogP contribution in [0.3, 0.4) is 0 Å². The fourth-order valence-electron chi connectivity index (χ4n) is 3.14. The van der Waals surface area contributed by atoms with Gasteiger partial charge in [0.2, 0.25) is 0 Å². The first-order chi connectivity index (χ1) is 9.94.